The largest absolute Gasteiger partial charge is 0.330 e. The molecule has 1 heterocycles. The summed E-state index contributed by atoms with van der Waals surface area (Å²) in [5, 5.41) is 0.727. The van der Waals surface area contributed by atoms with E-state index in [1.807, 2.05) is 18.5 Å². The first-order chi connectivity index (χ1) is 6.68. The van der Waals surface area contributed by atoms with E-state index >= 15 is 0 Å². The number of hydrogen-bond acceptors (Lipinski definition) is 1. The number of para-hydroxylation sites is 1. The zero-order chi connectivity index (χ0) is 10.1. The second kappa shape index (κ2) is 3.62. The van der Waals surface area contributed by atoms with Gasteiger partial charge in [-0.1, -0.05) is 31.5 Å². The lowest BCUT2D eigenvalue weighted by Gasteiger charge is -2.06. The van der Waals surface area contributed by atoms with Gasteiger partial charge in [0.2, 0.25) is 0 Å². The Morgan fingerprint density at radius 2 is 2.21 bits per heavy atom. The van der Waals surface area contributed by atoms with Gasteiger partial charge in [0.25, 0.3) is 0 Å². The Morgan fingerprint density at radius 3 is 2.93 bits per heavy atom. The van der Waals surface area contributed by atoms with Crippen molar-refractivity contribution in [1.29, 1.82) is 0 Å². The summed E-state index contributed by atoms with van der Waals surface area (Å²) in [6, 6.07) is 5.89. The van der Waals surface area contributed by atoms with E-state index in [1.165, 1.54) is 0 Å². The molecule has 0 spiro atoms. The summed E-state index contributed by atoms with van der Waals surface area (Å²) in [7, 11) is 0. The number of hydrogen-bond donors (Lipinski definition) is 0. The highest BCUT2D eigenvalue weighted by molar-refractivity contribution is 6.34. The van der Waals surface area contributed by atoms with E-state index in [0.29, 0.717) is 5.92 Å². The van der Waals surface area contributed by atoms with Crippen molar-refractivity contribution in [2.45, 2.75) is 20.4 Å². The number of aromatic nitrogens is 2. The molecule has 1 aromatic heterocycles. The van der Waals surface area contributed by atoms with Crippen LogP contribution in [0.5, 0.6) is 0 Å². The van der Waals surface area contributed by atoms with Crippen LogP contribution in [0.2, 0.25) is 5.02 Å². The molecule has 0 amide bonds. The molecular formula is C11H13ClN2. The van der Waals surface area contributed by atoms with Crippen LogP contribution in [0, 0.1) is 5.92 Å². The lowest BCUT2D eigenvalue weighted by Crippen LogP contribution is -2.02. The van der Waals surface area contributed by atoms with Crippen molar-refractivity contribution in [3.05, 3.63) is 29.5 Å². The first-order valence-electron chi connectivity index (χ1n) is 4.78. The van der Waals surface area contributed by atoms with Crippen LogP contribution in [-0.4, -0.2) is 9.55 Å². The molecule has 0 radical (unpaired) electrons. The van der Waals surface area contributed by atoms with Crippen molar-refractivity contribution in [3.63, 3.8) is 0 Å². The molecule has 74 valence electrons. The summed E-state index contributed by atoms with van der Waals surface area (Å²) < 4.78 is 2.14. The van der Waals surface area contributed by atoms with Gasteiger partial charge in [-0.2, -0.15) is 0 Å². The van der Waals surface area contributed by atoms with Crippen LogP contribution in [0.1, 0.15) is 13.8 Å². The zero-order valence-corrected chi connectivity index (χ0v) is 9.12. The van der Waals surface area contributed by atoms with E-state index < -0.39 is 0 Å². The molecule has 0 saturated carbocycles. The van der Waals surface area contributed by atoms with Crippen LogP contribution < -0.4 is 0 Å². The van der Waals surface area contributed by atoms with Crippen molar-refractivity contribution in [2.75, 3.05) is 0 Å². The van der Waals surface area contributed by atoms with Crippen molar-refractivity contribution < 1.29 is 0 Å². The topological polar surface area (TPSA) is 17.8 Å². The van der Waals surface area contributed by atoms with E-state index in [0.717, 1.165) is 22.6 Å². The van der Waals surface area contributed by atoms with Crippen LogP contribution in [0.25, 0.3) is 11.0 Å². The average molecular weight is 209 g/mol. The molecule has 0 aliphatic carbocycles. The summed E-state index contributed by atoms with van der Waals surface area (Å²) in [5.41, 5.74) is 2.01. The molecule has 14 heavy (non-hydrogen) atoms. The minimum Gasteiger partial charge on any atom is -0.330 e. The molecule has 0 N–H and O–H groups in total. The SMILES string of the molecule is CC(C)Cn1cnc2c(Cl)cccc21. The third-order valence-corrected chi connectivity index (χ3v) is 2.47. The standard InChI is InChI=1S/C11H13ClN2/c1-8(2)6-14-7-13-11-9(12)4-3-5-10(11)14/h3-5,7-8H,6H2,1-2H3. The van der Waals surface area contributed by atoms with Gasteiger partial charge >= 0.3 is 0 Å². The van der Waals surface area contributed by atoms with E-state index in [9.17, 15) is 0 Å². The predicted molar refractivity (Wildman–Crippen MR) is 59.6 cm³/mol. The second-order valence-electron chi connectivity index (χ2n) is 3.90. The molecule has 3 heteroatoms. The summed E-state index contributed by atoms with van der Waals surface area (Å²) in [6.07, 6.45) is 1.86. The maximum absolute atomic E-state index is 6.03. The molecule has 0 fully saturated rings. The molecular weight excluding hydrogens is 196 g/mol. The van der Waals surface area contributed by atoms with Crippen molar-refractivity contribution in [3.8, 4) is 0 Å². The molecule has 2 aromatic rings. The maximum Gasteiger partial charge on any atom is 0.107 e. The van der Waals surface area contributed by atoms with Gasteiger partial charge in [-0.15, -0.1) is 0 Å². The summed E-state index contributed by atoms with van der Waals surface area (Å²) in [5.74, 6) is 0.617. The van der Waals surface area contributed by atoms with Crippen molar-refractivity contribution in [2.24, 2.45) is 5.92 Å². The van der Waals surface area contributed by atoms with Crippen LogP contribution in [-0.2, 0) is 6.54 Å². The van der Waals surface area contributed by atoms with Gasteiger partial charge in [0, 0.05) is 6.54 Å². The van der Waals surface area contributed by atoms with Gasteiger partial charge in [-0.05, 0) is 18.1 Å². The van der Waals surface area contributed by atoms with E-state index in [4.69, 9.17) is 11.6 Å². The number of halogens is 1. The van der Waals surface area contributed by atoms with Crippen LogP contribution in [0.4, 0.5) is 0 Å². The number of rotatable bonds is 2. The van der Waals surface area contributed by atoms with E-state index in [1.54, 1.807) is 0 Å². The monoisotopic (exact) mass is 208 g/mol. The predicted octanol–water partition coefficient (Wildman–Crippen LogP) is 3.35. The van der Waals surface area contributed by atoms with Gasteiger partial charge in [-0.3, -0.25) is 0 Å². The zero-order valence-electron chi connectivity index (χ0n) is 8.37. The van der Waals surface area contributed by atoms with Gasteiger partial charge in [-0.25, -0.2) is 4.98 Å². The first kappa shape index (κ1) is 9.53. The summed E-state index contributed by atoms with van der Waals surface area (Å²) >= 11 is 6.03. The average Bonchev–Trinajstić information content (AvgIpc) is 2.49. The lowest BCUT2D eigenvalue weighted by molar-refractivity contribution is 0.533. The smallest absolute Gasteiger partial charge is 0.107 e. The number of imidazole rings is 1. The summed E-state index contributed by atoms with van der Waals surface area (Å²) in [6.45, 7) is 5.36. The Kier molecular flexibility index (Phi) is 2.46. The third kappa shape index (κ3) is 1.62. The first-order valence-corrected chi connectivity index (χ1v) is 5.15. The highest BCUT2D eigenvalue weighted by atomic mass is 35.5. The van der Waals surface area contributed by atoms with Gasteiger partial charge in [0.05, 0.1) is 16.9 Å². The number of benzene rings is 1. The van der Waals surface area contributed by atoms with E-state index in [2.05, 4.69) is 29.5 Å². The Morgan fingerprint density at radius 1 is 1.43 bits per heavy atom. The quantitative estimate of drug-likeness (QED) is 0.740. The fourth-order valence-electron chi connectivity index (χ4n) is 1.59. The van der Waals surface area contributed by atoms with Crippen molar-refractivity contribution in [1.82, 2.24) is 9.55 Å². The third-order valence-electron chi connectivity index (χ3n) is 2.16. The molecule has 0 unspecified atom stereocenters. The van der Waals surface area contributed by atoms with Crippen LogP contribution in [0.15, 0.2) is 24.5 Å². The van der Waals surface area contributed by atoms with Crippen LogP contribution in [0.3, 0.4) is 0 Å². The van der Waals surface area contributed by atoms with Gasteiger partial charge in [0.1, 0.15) is 5.52 Å². The normalized spacial score (nSPS) is 11.4. The Hall–Kier alpha value is -1.02. The minimum atomic E-state index is 0.617. The van der Waals surface area contributed by atoms with Crippen LogP contribution >= 0.6 is 11.6 Å². The summed E-state index contributed by atoms with van der Waals surface area (Å²) in [4.78, 5) is 4.30. The Balaban J connectivity index is 2.52. The Bertz CT molecular complexity index is 445. The van der Waals surface area contributed by atoms with E-state index in [-0.39, 0.29) is 0 Å². The van der Waals surface area contributed by atoms with Gasteiger partial charge < -0.3 is 4.57 Å². The number of fused-ring (bicyclic) bond motifs is 1. The molecule has 2 rings (SSSR count). The fraction of sp³-hybridized carbons (Fsp3) is 0.364. The van der Waals surface area contributed by atoms with Crippen molar-refractivity contribution >= 4 is 22.6 Å². The molecule has 0 bridgehead atoms. The number of nitrogens with zero attached hydrogens (tertiary/aromatic N) is 2. The molecule has 0 aliphatic rings. The second-order valence-corrected chi connectivity index (χ2v) is 4.31. The lowest BCUT2D eigenvalue weighted by atomic mass is 10.2. The highest BCUT2D eigenvalue weighted by Crippen LogP contribution is 2.22. The molecule has 0 aliphatic heterocycles. The molecule has 1 aromatic carbocycles. The fourth-order valence-corrected chi connectivity index (χ4v) is 1.81. The molecule has 0 saturated heterocycles. The Labute approximate surface area is 88.5 Å². The van der Waals surface area contributed by atoms with Gasteiger partial charge in [0.15, 0.2) is 0 Å². The highest BCUT2D eigenvalue weighted by Gasteiger charge is 2.05. The maximum atomic E-state index is 6.03. The molecule has 2 nitrogen and oxygen atoms in total. The molecule has 0 atom stereocenters. The minimum absolute atomic E-state index is 0.617.